The van der Waals surface area contributed by atoms with Crippen molar-refractivity contribution in [3.63, 3.8) is 0 Å². The summed E-state index contributed by atoms with van der Waals surface area (Å²) in [6, 6.07) is 4.10. The first-order valence-electron chi connectivity index (χ1n) is 7.44. The third-order valence-corrected chi connectivity index (χ3v) is 3.80. The summed E-state index contributed by atoms with van der Waals surface area (Å²) in [6.07, 6.45) is 10.1. The Morgan fingerprint density at radius 3 is 2.32 bits per heavy atom. The van der Waals surface area contributed by atoms with Crippen molar-refractivity contribution in [2.75, 3.05) is 0 Å². The van der Waals surface area contributed by atoms with Crippen LogP contribution in [0.5, 0.6) is 0 Å². The van der Waals surface area contributed by atoms with Crippen molar-refractivity contribution < 1.29 is 4.79 Å². The number of hydrogen-bond acceptors (Lipinski definition) is 2. The van der Waals surface area contributed by atoms with Crippen LogP contribution >= 0.6 is 12.6 Å². The summed E-state index contributed by atoms with van der Waals surface area (Å²) in [7, 11) is 0. The zero-order chi connectivity index (χ0) is 16.7. The summed E-state index contributed by atoms with van der Waals surface area (Å²) < 4.78 is 0. The number of benzene rings is 1. The highest BCUT2D eigenvalue weighted by Crippen LogP contribution is 2.21. The number of carbonyl (C=O) groups excluding carboxylic acids is 1. The minimum atomic E-state index is 0.106. The molecular weight excluding hydrogens is 288 g/mol. The number of aryl methyl sites for hydroxylation is 2. The van der Waals surface area contributed by atoms with Crippen LogP contribution in [0.2, 0.25) is 0 Å². The molecule has 116 valence electrons. The Morgan fingerprint density at radius 1 is 1.27 bits per heavy atom. The highest BCUT2D eigenvalue weighted by molar-refractivity contribution is 7.80. The van der Waals surface area contributed by atoms with E-state index in [-0.39, 0.29) is 5.78 Å². The molecule has 1 aromatic carbocycles. The van der Waals surface area contributed by atoms with Gasteiger partial charge in [-0.2, -0.15) is 0 Å². The van der Waals surface area contributed by atoms with Gasteiger partial charge in [-0.25, -0.2) is 0 Å². The maximum atomic E-state index is 11.8. The van der Waals surface area contributed by atoms with Crippen LogP contribution in [-0.2, 0) is 4.79 Å². The van der Waals surface area contributed by atoms with Crippen molar-refractivity contribution in [2.24, 2.45) is 0 Å². The van der Waals surface area contributed by atoms with Gasteiger partial charge in [-0.1, -0.05) is 37.8 Å². The smallest absolute Gasteiger partial charge is 0.162 e. The zero-order valence-electron chi connectivity index (χ0n) is 13.8. The van der Waals surface area contributed by atoms with E-state index in [9.17, 15) is 4.79 Å². The molecule has 0 aliphatic heterocycles. The Balaban J connectivity index is 3.13. The molecule has 0 aliphatic carbocycles. The van der Waals surface area contributed by atoms with E-state index in [0.717, 1.165) is 10.5 Å². The molecule has 0 atom stereocenters. The van der Waals surface area contributed by atoms with Gasteiger partial charge in [0.25, 0.3) is 0 Å². The van der Waals surface area contributed by atoms with E-state index in [1.54, 1.807) is 6.08 Å². The van der Waals surface area contributed by atoms with E-state index < -0.39 is 0 Å². The van der Waals surface area contributed by atoms with Crippen molar-refractivity contribution >= 4 is 24.5 Å². The van der Waals surface area contributed by atoms with Crippen LogP contribution in [0.25, 0.3) is 6.08 Å². The van der Waals surface area contributed by atoms with Crippen molar-refractivity contribution in [2.45, 2.75) is 39.0 Å². The Morgan fingerprint density at radius 2 is 1.86 bits per heavy atom. The molecule has 0 amide bonds. The monoisotopic (exact) mass is 312 g/mol. The molecule has 0 saturated carbocycles. The lowest BCUT2D eigenvalue weighted by Gasteiger charge is -2.07. The molecule has 0 radical (unpaired) electrons. The van der Waals surface area contributed by atoms with Crippen molar-refractivity contribution in [3.05, 3.63) is 70.9 Å². The van der Waals surface area contributed by atoms with Gasteiger partial charge >= 0.3 is 0 Å². The van der Waals surface area contributed by atoms with E-state index in [0.29, 0.717) is 12.0 Å². The molecule has 2 heteroatoms. The molecule has 22 heavy (non-hydrogen) atoms. The molecular formula is C20H24OS. The Kier molecular flexibility index (Phi) is 7.13. The van der Waals surface area contributed by atoms with Crippen LogP contribution in [0.15, 0.2) is 59.1 Å². The van der Waals surface area contributed by atoms with Crippen LogP contribution in [0.1, 0.15) is 37.0 Å². The molecule has 0 bridgehead atoms. The third-order valence-electron chi connectivity index (χ3n) is 3.54. The summed E-state index contributed by atoms with van der Waals surface area (Å²) in [4.78, 5) is 12.8. The largest absolute Gasteiger partial charge is 0.294 e. The molecule has 1 nitrogen and oxygen atoms in total. The minimum Gasteiger partial charge on any atom is -0.294 e. The van der Waals surface area contributed by atoms with Crippen molar-refractivity contribution in [1.82, 2.24) is 0 Å². The average Bonchev–Trinajstić information content (AvgIpc) is 2.48. The second-order valence-electron chi connectivity index (χ2n) is 5.20. The highest BCUT2D eigenvalue weighted by Gasteiger charge is 2.04. The van der Waals surface area contributed by atoms with E-state index in [2.05, 4.69) is 51.3 Å². The maximum Gasteiger partial charge on any atom is 0.162 e. The lowest BCUT2D eigenvalue weighted by atomic mass is 10.0. The predicted molar refractivity (Wildman–Crippen MR) is 99.5 cm³/mol. The van der Waals surface area contributed by atoms with Gasteiger partial charge in [0.2, 0.25) is 0 Å². The molecule has 0 aromatic heterocycles. The second kappa shape index (κ2) is 8.60. The molecule has 1 aromatic rings. The Hall–Kier alpha value is -1.80. The molecule has 1 rings (SSSR count). The number of allylic oxidation sites excluding steroid dienone is 6. The first-order chi connectivity index (χ1) is 10.4. The lowest BCUT2D eigenvalue weighted by molar-refractivity contribution is -0.114. The van der Waals surface area contributed by atoms with Gasteiger partial charge in [0.05, 0.1) is 0 Å². The normalized spacial score (nSPS) is 12.8. The Bertz CT molecular complexity index is 637. The SMILES string of the molecule is C=C\C(=C/C(=C\C)/C=C/c1c(C)cc(S)cc1C)C(=O)CC. The first kappa shape index (κ1) is 18.2. The second-order valence-corrected chi connectivity index (χ2v) is 5.71. The first-order valence-corrected chi connectivity index (χ1v) is 7.89. The zero-order valence-corrected chi connectivity index (χ0v) is 14.7. The standard InChI is InChI=1S/C20H24OS/c1-6-16(13-17(7-2)20(21)8-3)9-10-19-14(4)11-18(22)12-15(19)5/h6-7,9-13,22H,2,8H2,1,3-5H3/b10-9+,16-6-,17-13+. The van der Waals surface area contributed by atoms with Crippen LogP contribution in [0.3, 0.4) is 0 Å². The van der Waals surface area contributed by atoms with Gasteiger partial charge in [-0.15, -0.1) is 12.6 Å². The number of carbonyl (C=O) groups is 1. The van der Waals surface area contributed by atoms with Gasteiger partial charge in [0.15, 0.2) is 5.78 Å². The molecule has 0 spiro atoms. The van der Waals surface area contributed by atoms with Gasteiger partial charge in [-0.05, 0) is 61.2 Å². The number of rotatable bonds is 6. The number of ketones is 1. The summed E-state index contributed by atoms with van der Waals surface area (Å²) in [5, 5.41) is 0. The topological polar surface area (TPSA) is 17.1 Å². The molecule has 0 aliphatic rings. The van der Waals surface area contributed by atoms with Crippen LogP contribution in [-0.4, -0.2) is 5.78 Å². The van der Waals surface area contributed by atoms with Gasteiger partial charge in [0, 0.05) is 16.9 Å². The van der Waals surface area contributed by atoms with Crippen molar-refractivity contribution in [1.29, 1.82) is 0 Å². The summed E-state index contributed by atoms with van der Waals surface area (Å²) in [5.74, 6) is 0.106. The van der Waals surface area contributed by atoms with E-state index in [1.165, 1.54) is 16.7 Å². The molecule has 0 heterocycles. The van der Waals surface area contributed by atoms with Gasteiger partial charge < -0.3 is 0 Å². The average molecular weight is 312 g/mol. The van der Waals surface area contributed by atoms with E-state index >= 15 is 0 Å². The molecule has 0 N–H and O–H groups in total. The maximum absolute atomic E-state index is 11.8. The third kappa shape index (κ3) is 4.88. The minimum absolute atomic E-state index is 0.106. The number of thiol groups is 1. The van der Waals surface area contributed by atoms with Crippen LogP contribution in [0.4, 0.5) is 0 Å². The van der Waals surface area contributed by atoms with E-state index in [4.69, 9.17) is 0 Å². The number of hydrogen-bond donors (Lipinski definition) is 1. The summed E-state index contributed by atoms with van der Waals surface area (Å²) >= 11 is 4.40. The van der Waals surface area contributed by atoms with Crippen LogP contribution in [0, 0.1) is 13.8 Å². The quantitative estimate of drug-likeness (QED) is 0.408. The highest BCUT2D eigenvalue weighted by atomic mass is 32.1. The van der Waals surface area contributed by atoms with Gasteiger partial charge in [-0.3, -0.25) is 4.79 Å². The van der Waals surface area contributed by atoms with E-state index in [1.807, 2.05) is 32.1 Å². The fraction of sp³-hybridized carbons (Fsp3) is 0.250. The molecule has 0 fully saturated rings. The summed E-state index contributed by atoms with van der Waals surface area (Å²) in [5.41, 5.74) is 5.21. The Labute approximate surface area is 139 Å². The fourth-order valence-corrected chi connectivity index (χ4v) is 2.65. The fourth-order valence-electron chi connectivity index (χ4n) is 2.26. The van der Waals surface area contributed by atoms with Crippen molar-refractivity contribution in [3.8, 4) is 0 Å². The molecule has 0 unspecified atom stereocenters. The predicted octanol–water partition coefficient (Wildman–Crippen LogP) is 5.64. The summed E-state index contributed by atoms with van der Waals surface area (Å²) in [6.45, 7) is 11.7. The molecule has 0 saturated heterocycles. The van der Waals surface area contributed by atoms with Crippen LogP contribution < -0.4 is 0 Å². The number of Topliss-reactive ketones (excluding diaryl/α,β-unsaturated/α-hetero) is 1. The lowest BCUT2D eigenvalue weighted by Crippen LogP contribution is -1.97. The van der Waals surface area contributed by atoms with Gasteiger partial charge in [0.1, 0.15) is 0 Å².